The molecule has 0 saturated carbocycles. The number of hydrogen-bond acceptors (Lipinski definition) is 3. The van der Waals surface area contributed by atoms with Crippen LogP contribution in [0.15, 0.2) is 22.8 Å². The summed E-state index contributed by atoms with van der Waals surface area (Å²) >= 11 is 0. The van der Waals surface area contributed by atoms with Gasteiger partial charge < -0.3 is 9.32 Å². The van der Waals surface area contributed by atoms with Crippen molar-refractivity contribution in [3.63, 3.8) is 0 Å². The van der Waals surface area contributed by atoms with Crippen molar-refractivity contribution in [2.75, 3.05) is 19.6 Å². The van der Waals surface area contributed by atoms with Gasteiger partial charge in [0, 0.05) is 31.1 Å². The molecular weight excluding hydrogens is 264 g/mol. The van der Waals surface area contributed by atoms with Gasteiger partial charge >= 0.3 is 0 Å². The Morgan fingerprint density at radius 2 is 2.10 bits per heavy atom. The van der Waals surface area contributed by atoms with Gasteiger partial charge in [-0.05, 0) is 18.1 Å². The van der Waals surface area contributed by atoms with E-state index in [1.54, 1.807) is 6.26 Å². The summed E-state index contributed by atoms with van der Waals surface area (Å²) in [4.78, 5) is 17.1. The quantitative estimate of drug-likeness (QED) is 0.859. The first kappa shape index (κ1) is 16.1. The van der Waals surface area contributed by atoms with Crippen molar-refractivity contribution < 1.29 is 9.21 Å². The second-order valence-corrected chi connectivity index (χ2v) is 7.37. The number of rotatable bonds is 3. The van der Waals surface area contributed by atoms with E-state index < -0.39 is 0 Å². The van der Waals surface area contributed by atoms with Crippen LogP contribution in [0.3, 0.4) is 0 Å². The molecule has 0 aliphatic carbocycles. The van der Waals surface area contributed by atoms with Crippen LogP contribution >= 0.6 is 0 Å². The number of nitrogens with zero attached hydrogens (tertiary/aromatic N) is 2. The third-order valence-corrected chi connectivity index (χ3v) is 4.13. The van der Waals surface area contributed by atoms with E-state index in [-0.39, 0.29) is 17.4 Å². The van der Waals surface area contributed by atoms with Crippen LogP contribution in [0.4, 0.5) is 0 Å². The summed E-state index contributed by atoms with van der Waals surface area (Å²) in [7, 11) is 0. The van der Waals surface area contributed by atoms with E-state index in [0.29, 0.717) is 5.92 Å². The average molecular weight is 292 g/mol. The van der Waals surface area contributed by atoms with Crippen molar-refractivity contribution in [2.24, 2.45) is 11.3 Å². The highest BCUT2D eigenvalue weighted by Gasteiger charge is 2.36. The third-order valence-electron chi connectivity index (χ3n) is 4.13. The predicted octanol–water partition coefficient (Wildman–Crippen LogP) is 2.99. The number of carbonyl (C=O) groups is 1. The van der Waals surface area contributed by atoms with E-state index in [1.807, 2.05) is 32.9 Å². The lowest BCUT2D eigenvalue weighted by Gasteiger charge is -2.45. The van der Waals surface area contributed by atoms with E-state index in [1.165, 1.54) is 0 Å². The molecule has 21 heavy (non-hydrogen) atoms. The molecule has 1 atom stereocenters. The predicted molar refractivity (Wildman–Crippen MR) is 83.8 cm³/mol. The summed E-state index contributed by atoms with van der Waals surface area (Å²) in [6.45, 7) is 13.9. The van der Waals surface area contributed by atoms with Gasteiger partial charge in [0.15, 0.2) is 0 Å². The second-order valence-electron chi connectivity index (χ2n) is 7.37. The zero-order valence-electron chi connectivity index (χ0n) is 13.9. The monoisotopic (exact) mass is 292 g/mol. The Bertz CT molecular complexity index is 460. The molecule has 1 saturated heterocycles. The molecule has 0 aromatic carbocycles. The van der Waals surface area contributed by atoms with Crippen molar-refractivity contribution in [1.82, 2.24) is 9.80 Å². The summed E-state index contributed by atoms with van der Waals surface area (Å²) in [5.41, 5.74) is -0.309. The first-order valence-electron chi connectivity index (χ1n) is 7.85. The molecule has 4 nitrogen and oxygen atoms in total. The van der Waals surface area contributed by atoms with E-state index in [2.05, 4.69) is 23.6 Å². The Morgan fingerprint density at radius 1 is 1.38 bits per heavy atom. The second kappa shape index (κ2) is 6.22. The summed E-state index contributed by atoms with van der Waals surface area (Å²) in [6, 6.07) is 4.21. The maximum atomic E-state index is 12.6. The zero-order valence-corrected chi connectivity index (χ0v) is 13.9. The highest BCUT2D eigenvalue weighted by atomic mass is 16.3. The molecule has 0 bridgehead atoms. The highest BCUT2D eigenvalue weighted by Crippen LogP contribution is 2.25. The lowest BCUT2D eigenvalue weighted by molar-refractivity contribution is -0.146. The molecule has 1 aliphatic rings. The molecule has 1 aliphatic heterocycles. The van der Waals surface area contributed by atoms with Gasteiger partial charge in [0.05, 0.1) is 12.8 Å². The van der Waals surface area contributed by atoms with E-state index in [9.17, 15) is 4.79 Å². The lowest BCUT2D eigenvalue weighted by Crippen LogP contribution is -2.58. The van der Waals surface area contributed by atoms with Crippen LogP contribution in [-0.4, -0.2) is 41.4 Å². The first-order valence-corrected chi connectivity index (χ1v) is 7.85. The maximum absolute atomic E-state index is 12.6. The van der Waals surface area contributed by atoms with Gasteiger partial charge in [0.1, 0.15) is 5.76 Å². The van der Waals surface area contributed by atoms with Crippen LogP contribution in [0.25, 0.3) is 0 Å². The van der Waals surface area contributed by atoms with E-state index in [4.69, 9.17) is 4.42 Å². The van der Waals surface area contributed by atoms with Gasteiger partial charge in [-0.15, -0.1) is 0 Å². The Labute approximate surface area is 128 Å². The topological polar surface area (TPSA) is 36.7 Å². The van der Waals surface area contributed by atoms with Crippen LogP contribution in [0, 0.1) is 11.3 Å². The van der Waals surface area contributed by atoms with Gasteiger partial charge in [-0.3, -0.25) is 9.69 Å². The normalized spacial score (nSPS) is 21.0. The average Bonchev–Trinajstić information content (AvgIpc) is 2.89. The van der Waals surface area contributed by atoms with Crippen molar-refractivity contribution in [3.05, 3.63) is 24.2 Å². The maximum Gasteiger partial charge on any atom is 0.228 e. The molecular formula is C17H28N2O2. The van der Waals surface area contributed by atoms with Crippen molar-refractivity contribution in [3.8, 4) is 0 Å². The summed E-state index contributed by atoms with van der Waals surface area (Å²) in [5.74, 6) is 1.71. The Morgan fingerprint density at radius 3 is 2.62 bits per heavy atom. The number of hydrogen-bond donors (Lipinski definition) is 0. The van der Waals surface area contributed by atoms with Gasteiger partial charge in [-0.2, -0.15) is 0 Å². The van der Waals surface area contributed by atoms with Gasteiger partial charge in [-0.1, -0.05) is 34.6 Å². The van der Waals surface area contributed by atoms with Crippen LogP contribution in [0.2, 0.25) is 0 Å². The fraction of sp³-hybridized carbons (Fsp3) is 0.706. The molecule has 0 N–H and O–H groups in total. The molecule has 0 unspecified atom stereocenters. The summed E-state index contributed by atoms with van der Waals surface area (Å²) in [5, 5.41) is 0. The summed E-state index contributed by atoms with van der Waals surface area (Å²) in [6.07, 6.45) is 1.72. The lowest BCUT2D eigenvalue weighted by atomic mass is 9.91. The third kappa shape index (κ3) is 3.88. The SMILES string of the molecule is CC(C)[C@H]1CN(Cc2ccco2)CCN1C(=O)C(C)(C)C. The Balaban J connectivity index is 2.05. The van der Waals surface area contributed by atoms with Gasteiger partial charge in [0.25, 0.3) is 0 Å². The smallest absolute Gasteiger partial charge is 0.228 e. The Hall–Kier alpha value is -1.29. The molecule has 2 rings (SSSR count). The van der Waals surface area contributed by atoms with Crippen LogP contribution < -0.4 is 0 Å². The first-order chi connectivity index (χ1) is 9.79. The van der Waals surface area contributed by atoms with Crippen LogP contribution in [-0.2, 0) is 11.3 Å². The van der Waals surface area contributed by atoms with Crippen molar-refractivity contribution >= 4 is 5.91 Å². The molecule has 2 heterocycles. The minimum absolute atomic E-state index is 0.263. The minimum Gasteiger partial charge on any atom is -0.468 e. The van der Waals surface area contributed by atoms with Crippen molar-refractivity contribution in [2.45, 2.75) is 47.2 Å². The molecule has 1 fully saturated rings. The molecule has 1 amide bonds. The van der Waals surface area contributed by atoms with Gasteiger partial charge in [-0.25, -0.2) is 0 Å². The largest absolute Gasteiger partial charge is 0.468 e. The number of piperazine rings is 1. The zero-order chi connectivity index (χ0) is 15.6. The van der Waals surface area contributed by atoms with Crippen molar-refractivity contribution in [1.29, 1.82) is 0 Å². The fourth-order valence-corrected chi connectivity index (χ4v) is 2.89. The fourth-order valence-electron chi connectivity index (χ4n) is 2.89. The van der Waals surface area contributed by atoms with Crippen LogP contribution in [0.1, 0.15) is 40.4 Å². The molecule has 1 aromatic rings. The molecule has 4 heteroatoms. The van der Waals surface area contributed by atoms with E-state index >= 15 is 0 Å². The van der Waals surface area contributed by atoms with Crippen LogP contribution in [0.5, 0.6) is 0 Å². The molecule has 0 spiro atoms. The standard InChI is InChI=1S/C17H28N2O2/c1-13(2)15-12-18(11-14-7-6-10-21-14)8-9-19(15)16(20)17(3,4)5/h6-7,10,13,15H,8-9,11-12H2,1-5H3/t15-/m1/s1. The molecule has 118 valence electrons. The number of amides is 1. The molecule has 1 aromatic heterocycles. The minimum atomic E-state index is -0.309. The number of furan rings is 1. The summed E-state index contributed by atoms with van der Waals surface area (Å²) < 4.78 is 5.44. The number of carbonyl (C=O) groups excluding carboxylic acids is 1. The van der Waals surface area contributed by atoms with E-state index in [0.717, 1.165) is 31.9 Å². The van der Waals surface area contributed by atoms with Gasteiger partial charge in [0.2, 0.25) is 5.91 Å². The Kier molecular flexibility index (Phi) is 4.77. The highest BCUT2D eigenvalue weighted by molar-refractivity contribution is 5.82. The molecule has 0 radical (unpaired) electrons.